The average molecular weight is 267 g/mol. The average Bonchev–Trinajstić information content (AvgIpc) is 3.30. The van der Waals surface area contributed by atoms with Crippen molar-refractivity contribution in [3.05, 3.63) is 48.0 Å². The van der Waals surface area contributed by atoms with Gasteiger partial charge in [0.05, 0.1) is 0 Å². The third-order valence-electron chi connectivity index (χ3n) is 4.46. The number of hydrogen-bond donors (Lipinski definition) is 1. The Bertz CT molecular complexity index is 551. The molecule has 1 heteroatoms. The summed E-state index contributed by atoms with van der Waals surface area (Å²) in [7, 11) is 0. The van der Waals surface area contributed by atoms with Crippen molar-refractivity contribution in [3.8, 4) is 0 Å². The molecule has 1 atom stereocenters. The van der Waals surface area contributed by atoms with Crippen LogP contribution in [0.25, 0.3) is 10.8 Å². The van der Waals surface area contributed by atoms with Crippen molar-refractivity contribution in [2.24, 2.45) is 5.92 Å². The zero-order valence-electron chi connectivity index (χ0n) is 12.4. The van der Waals surface area contributed by atoms with Crippen molar-refractivity contribution >= 4 is 10.8 Å². The Balaban J connectivity index is 1.74. The maximum absolute atomic E-state index is 3.68. The lowest BCUT2D eigenvalue weighted by molar-refractivity contribution is 0.463. The van der Waals surface area contributed by atoms with Gasteiger partial charge in [-0.2, -0.15) is 0 Å². The lowest BCUT2D eigenvalue weighted by Crippen LogP contribution is -2.31. The molecule has 1 fully saturated rings. The topological polar surface area (TPSA) is 12.0 Å². The molecule has 1 N–H and O–H groups in total. The molecular formula is C19H25N. The van der Waals surface area contributed by atoms with Gasteiger partial charge in [0.1, 0.15) is 0 Å². The van der Waals surface area contributed by atoms with Gasteiger partial charge >= 0.3 is 0 Å². The van der Waals surface area contributed by atoms with E-state index in [1.165, 1.54) is 42.0 Å². The highest BCUT2D eigenvalue weighted by molar-refractivity contribution is 5.85. The summed E-state index contributed by atoms with van der Waals surface area (Å²) in [5, 5.41) is 6.46. The van der Waals surface area contributed by atoms with Crippen molar-refractivity contribution < 1.29 is 0 Å². The molecule has 1 aliphatic rings. The minimum absolute atomic E-state index is 0.631. The Morgan fingerprint density at radius 1 is 1.10 bits per heavy atom. The van der Waals surface area contributed by atoms with E-state index in [1.54, 1.807) is 0 Å². The molecule has 20 heavy (non-hydrogen) atoms. The first kappa shape index (κ1) is 13.6. The maximum atomic E-state index is 3.68. The zero-order chi connectivity index (χ0) is 13.8. The van der Waals surface area contributed by atoms with Gasteiger partial charge in [-0.15, -0.1) is 0 Å². The van der Waals surface area contributed by atoms with E-state index in [0.717, 1.165) is 18.9 Å². The highest BCUT2D eigenvalue weighted by atomic mass is 14.9. The first-order valence-corrected chi connectivity index (χ1v) is 8.07. The maximum Gasteiger partial charge on any atom is 0.0108 e. The van der Waals surface area contributed by atoms with Gasteiger partial charge in [-0.05, 0) is 48.1 Å². The number of fused-ring (bicyclic) bond motifs is 1. The van der Waals surface area contributed by atoms with Crippen LogP contribution in [0.2, 0.25) is 0 Å². The second kappa shape index (κ2) is 6.41. The van der Waals surface area contributed by atoms with E-state index in [9.17, 15) is 0 Å². The van der Waals surface area contributed by atoms with Crippen molar-refractivity contribution in [1.82, 2.24) is 5.32 Å². The van der Waals surface area contributed by atoms with E-state index in [0.29, 0.717) is 6.04 Å². The van der Waals surface area contributed by atoms with Gasteiger partial charge in [-0.25, -0.2) is 0 Å². The van der Waals surface area contributed by atoms with Crippen LogP contribution in [0.1, 0.15) is 38.2 Å². The molecule has 1 unspecified atom stereocenters. The molecule has 0 radical (unpaired) electrons. The van der Waals surface area contributed by atoms with Gasteiger partial charge in [-0.1, -0.05) is 62.2 Å². The van der Waals surface area contributed by atoms with E-state index < -0.39 is 0 Å². The molecule has 0 spiro atoms. The summed E-state index contributed by atoms with van der Waals surface area (Å²) in [6, 6.07) is 16.1. The molecule has 3 rings (SSSR count). The van der Waals surface area contributed by atoms with Crippen LogP contribution in [-0.2, 0) is 6.42 Å². The molecule has 106 valence electrons. The second-order valence-electron chi connectivity index (χ2n) is 6.12. The normalized spacial score (nSPS) is 16.4. The van der Waals surface area contributed by atoms with Crippen molar-refractivity contribution in [3.63, 3.8) is 0 Å². The van der Waals surface area contributed by atoms with Gasteiger partial charge in [0, 0.05) is 6.04 Å². The summed E-state index contributed by atoms with van der Waals surface area (Å²) in [4.78, 5) is 0. The molecule has 0 aromatic heterocycles. The van der Waals surface area contributed by atoms with Gasteiger partial charge in [0.25, 0.3) is 0 Å². The largest absolute Gasteiger partial charge is 0.314 e. The number of rotatable bonds is 7. The molecule has 0 aliphatic heterocycles. The first-order valence-electron chi connectivity index (χ1n) is 8.07. The van der Waals surface area contributed by atoms with E-state index in [4.69, 9.17) is 0 Å². The lowest BCUT2D eigenvalue weighted by atomic mass is 9.96. The molecule has 2 aromatic carbocycles. The molecular weight excluding hydrogens is 242 g/mol. The molecule has 2 aromatic rings. The summed E-state index contributed by atoms with van der Waals surface area (Å²) in [6.45, 7) is 3.29. The fourth-order valence-electron chi connectivity index (χ4n) is 3.14. The highest BCUT2D eigenvalue weighted by Gasteiger charge is 2.22. The van der Waals surface area contributed by atoms with E-state index in [2.05, 4.69) is 54.7 Å². The van der Waals surface area contributed by atoms with Crippen LogP contribution < -0.4 is 5.32 Å². The fraction of sp³-hybridized carbons (Fsp3) is 0.474. The van der Waals surface area contributed by atoms with Crippen molar-refractivity contribution in [2.45, 2.75) is 45.1 Å². The standard InChI is InChI=1S/C19H25N/c1-2-20-18(13-12-15-10-11-15)14-17-8-5-7-16-6-3-4-9-19(16)17/h3-9,15,18,20H,2,10-14H2,1H3. The SMILES string of the molecule is CCNC(CCC1CC1)Cc1cccc2ccccc12. The van der Waals surface area contributed by atoms with Crippen LogP contribution in [0.5, 0.6) is 0 Å². The Kier molecular flexibility index (Phi) is 4.37. The van der Waals surface area contributed by atoms with Crippen LogP contribution in [0, 0.1) is 5.92 Å². The van der Waals surface area contributed by atoms with Crippen LogP contribution >= 0.6 is 0 Å². The minimum atomic E-state index is 0.631. The zero-order valence-corrected chi connectivity index (χ0v) is 12.4. The van der Waals surface area contributed by atoms with Crippen molar-refractivity contribution in [2.75, 3.05) is 6.54 Å². The number of benzene rings is 2. The predicted octanol–water partition coefficient (Wildman–Crippen LogP) is 4.55. The smallest absolute Gasteiger partial charge is 0.0108 e. The number of hydrogen-bond acceptors (Lipinski definition) is 1. The van der Waals surface area contributed by atoms with Gasteiger partial charge < -0.3 is 5.32 Å². The van der Waals surface area contributed by atoms with Gasteiger partial charge in [-0.3, -0.25) is 0 Å². The van der Waals surface area contributed by atoms with Gasteiger partial charge in [0.2, 0.25) is 0 Å². The third-order valence-corrected chi connectivity index (χ3v) is 4.46. The summed E-state index contributed by atoms with van der Waals surface area (Å²) < 4.78 is 0. The molecule has 0 amide bonds. The Labute approximate surface area is 122 Å². The highest BCUT2D eigenvalue weighted by Crippen LogP contribution is 2.34. The Morgan fingerprint density at radius 2 is 1.90 bits per heavy atom. The minimum Gasteiger partial charge on any atom is -0.314 e. The van der Waals surface area contributed by atoms with E-state index >= 15 is 0 Å². The van der Waals surface area contributed by atoms with Crippen LogP contribution in [0.15, 0.2) is 42.5 Å². The first-order chi connectivity index (χ1) is 9.86. The number of likely N-dealkylation sites (N-methyl/N-ethyl adjacent to an activating group) is 1. The lowest BCUT2D eigenvalue weighted by Gasteiger charge is -2.19. The summed E-state index contributed by atoms with van der Waals surface area (Å²) in [5.41, 5.74) is 1.49. The fourth-order valence-corrected chi connectivity index (χ4v) is 3.14. The van der Waals surface area contributed by atoms with Crippen LogP contribution in [-0.4, -0.2) is 12.6 Å². The molecule has 0 heterocycles. The number of nitrogens with one attached hydrogen (secondary N) is 1. The van der Waals surface area contributed by atoms with Gasteiger partial charge in [0.15, 0.2) is 0 Å². The Hall–Kier alpha value is -1.34. The summed E-state index contributed by atoms with van der Waals surface area (Å²) in [5.74, 6) is 1.03. The molecule has 1 aliphatic carbocycles. The quantitative estimate of drug-likeness (QED) is 0.776. The summed E-state index contributed by atoms with van der Waals surface area (Å²) in [6.07, 6.45) is 6.81. The van der Waals surface area contributed by atoms with E-state index in [1.807, 2.05) is 0 Å². The Morgan fingerprint density at radius 3 is 2.70 bits per heavy atom. The van der Waals surface area contributed by atoms with Crippen LogP contribution in [0.3, 0.4) is 0 Å². The summed E-state index contributed by atoms with van der Waals surface area (Å²) >= 11 is 0. The molecule has 1 saturated carbocycles. The molecule has 1 nitrogen and oxygen atoms in total. The predicted molar refractivity (Wildman–Crippen MR) is 87.1 cm³/mol. The van der Waals surface area contributed by atoms with Crippen LogP contribution in [0.4, 0.5) is 0 Å². The van der Waals surface area contributed by atoms with E-state index in [-0.39, 0.29) is 0 Å². The third kappa shape index (κ3) is 3.40. The monoisotopic (exact) mass is 267 g/mol. The molecule has 0 bridgehead atoms. The second-order valence-corrected chi connectivity index (χ2v) is 6.12. The molecule has 0 saturated heterocycles. The van der Waals surface area contributed by atoms with Crippen molar-refractivity contribution in [1.29, 1.82) is 0 Å².